The van der Waals surface area contributed by atoms with Crippen LogP contribution in [0.2, 0.25) is 0 Å². The van der Waals surface area contributed by atoms with Gasteiger partial charge in [0.25, 0.3) is 0 Å². The van der Waals surface area contributed by atoms with E-state index in [2.05, 4.69) is 36.6 Å². The summed E-state index contributed by atoms with van der Waals surface area (Å²) in [5, 5.41) is 6.33. The second-order valence-electron chi connectivity index (χ2n) is 5.35. The Morgan fingerprint density at radius 1 is 1.17 bits per heavy atom. The van der Waals surface area contributed by atoms with Crippen LogP contribution in [-0.2, 0) is 17.8 Å². The molecule has 23 heavy (non-hydrogen) atoms. The van der Waals surface area contributed by atoms with E-state index in [4.69, 9.17) is 0 Å². The molecule has 0 aliphatic heterocycles. The molecule has 126 valence electrons. The minimum Gasteiger partial charge on any atom is -0.326 e. The molecule has 1 aromatic carbocycles. The van der Waals surface area contributed by atoms with Gasteiger partial charge in [-0.3, -0.25) is 4.79 Å². The number of halogens is 1. The zero-order chi connectivity index (χ0) is 15.8. The number of benzene rings is 1. The molecule has 0 atom stereocenters. The summed E-state index contributed by atoms with van der Waals surface area (Å²) in [5.74, 6) is 0.0947. The fourth-order valence-electron chi connectivity index (χ4n) is 2.31. The molecule has 0 saturated heterocycles. The average molecular weight is 353 g/mol. The van der Waals surface area contributed by atoms with Crippen LogP contribution in [-0.4, -0.2) is 12.5 Å². The van der Waals surface area contributed by atoms with Crippen LogP contribution in [0.4, 0.5) is 5.69 Å². The molecule has 1 aromatic heterocycles. The molecule has 2 rings (SSSR count). The van der Waals surface area contributed by atoms with E-state index in [0.29, 0.717) is 6.42 Å². The van der Waals surface area contributed by atoms with Crippen molar-refractivity contribution in [3.8, 4) is 0 Å². The zero-order valence-electron chi connectivity index (χ0n) is 13.7. The van der Waals surface area contributed by atoms with Crippen molar-refractivity contribution in [3.05, 3.63) is 51.7 Å². The highest BCUT2D eigenvalue weighted by molar-refractivity contribution is 7.11. The van der Waals surface area contributed by atoms with Gasteiger partial charge in [-0.1, -0.05) is 25.1 Å². The Balaban J connectivity index is 0.00000264. The highest BCUT2D eigenvalue weighted by atomic mass is 35.5. The maximum Gasteiger partial charge on any atom is 0.224 e. The first-order valence-corrected chi connectivity index (χ1v) is 8.64. The van der Waals surface area contributed by atoms with E-state index in [0.717, 1.165) is 37.2 Å². The van der Waals surface area contributed by atoms with Gasteiger partial charge in [0.05, 0.1) is 0 Å². The smallest absolute Gasteiger partial charge is 0.224 e. The normalized spacial score (nSPS) is 10.2. The third-order valence-electron chi connectivity index (χ3n) is 3.48. The van der Waals surface area contributed by atoms with Crippen LogP contribution in [0, 0.1) is 6.92 Å². The Bertz CT molecular complexity index is 613. The van der Waals surface area contributed by atoms with Gasteiger partial charge in [0.1, 0.15) is 0 Å². The summed E-state index contributed by atoms with van der Waals surface area (Å²) in [4.78, 5) is 14.8. The standard InChI is InChI=1S/C18H24N2OS.ClH/c1-3-19-13-15-7-4-5-9-17(15)20-18(21)10-6-8-16-12-11-14(2)22-16;/h4-5,7,9,11-12,19H,3,6,8,10,13H2,1-2H3,(H,20,21);1H. The second kappa shape index (κ2) is 10.4. The van der Waals surface area contributed by atoms with E-state index < -0.39 is 0 Å². The maximum atomic E-state index is 12.1. The third kappa shape index (κ3) is 6.73. The fraction of sp³-hybridized carbons (Fsp3) is 0.389. The number of carbonyl (C=O) groups is 1. The summed E-state index contributed by atoms with van der Waals surface area (Å²) in [5.41, 5.74) is 2.05. The average Bonchev–Trinajstić information content (AvgIpc) is 2.92. The Hall–Kier alpha value is -1.36. The quantitative estimate of drug-likeness (QED) is 0.731. The van der Waals surface area contributed by atoms with Crippen molar-refractivity contribution in [1.82, 2.24) is 5.32 Å². The number of rotatable bonds is 8. The van der Waals surface area contributed by atoms with Crippen molar-refractivity contribution in [2.75, 3.05) is 11.9 Å². The molecular weight excluding hydrogens is 328 g/mol. The number of anilines is 1. The molecule has 0 aliphatic carbocycles. The summed E-state index contributed by atoms with van der Waals surface area (Å²) < 4.78 is 0. The van der Waals surface area contributed by atoms with Crippen molar-refractivity contribution in [2.24, 2.45) is 0 Å². The van der Waals surface area contributed by atoms with Crippen molar-refractivity contribution < 1.29 is 4.79 Å². The number of amides is 1. The van der Waals surface area contributed by atoms with Crippen LogP contribution < -0.4 is 10.6 Å². The van der Waals surface area contributed by atoms with Gasteiger partial charge in [-0.15, -0.1) is 23.7 Å². The van der Waals surface area contributed by atoms with Gasteiger partial charge in [0, 0.05) is 28.4 Å². The van der Waals surface area contributed by atoms with Crippen molar-refractivity contribution in [3.63, 3.8) is 0 Å². The Morgan fingerprint density at radius 2 is 1.96 bits per heavy atom. The lowest BCUT2D eigenvalue weighted by Gasteiger charge is -2.11. The number of hydrogen-bond donors (Lipinski definition) is 2. The van der Waals surface area contributed by atoms with E-state index in [1.54, 1.807) is 0 Å². The number of carbonyl (C=O) groups excluding carboxylic acids is 1. The van der Waals surface area contributed by atoms with Gasteiger partial charge in [-0.2, -0.15) is 0 Å². The lowest BCUT2D eigenvalue weighted by Crippen LogP contribution is -2.16. The SMILES string of the molecule is CCNCc1ccccc1NC(=O)CCCc1ccc(C)s1.Cl. The van der Waals surface area contributed by atoms with Crippen LogP contribution in [0.25, 0.3) is 0 Å². The molecule has 0 spiro atoms. The van der Waals surface area contributed by atoms with Crippen molar-refractivity contribution >= 4 is 35.3 Å². The topological polar surface area (TPSA) is 41.1 Å². The van der Waals surface area contributed by atoms with E-state index >= 15 is 0 Å². The molecule has 0 fully saturated rings. The number of hydrogen-bond acceptors (Lipinski definition) is 3. The van der Waals surface area contributed by atoms with Crippen LogP contribution in [0.1, 0.15) is 35.1 Å². The predicted octanol–water partition coefficient (Wildman–Crippen LogP) is 4.55. The van der Waals surface area contributed by atoms with Gasteiger partial charge in [0.2, 0.25) is 5.91 Å². The Labute approximate surface area is 148 Å². The van der Waals surface area contributed by atoms with Gasteiger partial charge >= 0.3 is 0 Å². The first kappa shape index (κ1) is 19.7. The lowest BCUT2D eigenvalue weighted by molar-refractivity contribution is -0.116. The summed E-state index contributed by atoms with van der Waals surface area (Å²) in [6.45, 7) is 5.89. The highest BCUT2D eigenvalue weighted by Crippen LogP contribution is 2.18. The molecule has 0 saturated carbocycles. The van der Waals surface area contributed by atoms with E-state index in [1.807, 2.05) is 35.6 Å². The first-order chi connectivity index (χ1) is 10.7. The molecule has 0 radical (unpaired) electrons. The molecule has 0 aliphatic rings. The lowest BCUT2D eigenvalue weighted by atomic mass is 10.1. The molecule has 0 bridgehead atoms. The molecule has 2 N–H and O–H groups in total. The maximum absolute atomic E-state index is 12.1. The molecule has 1 amide bonds. The minimum absolute atomic E-state index is 0. The second-order valence-corrected chi connectivity index (χ2v) is 6.72. The molecular formula is C18H25ClN2OS. The number of nitrogens with one attached hydrogen (secondary N) is 2. The molecule has 5 heteroatoms. The first-order valence-electron chi connectivity index (χ1n) is 7.83. The molecule has 3 nitrogen and oxygen atoms in total. The number of thiophene rings is 1. The summed E-state index contributed by atoms with van der Waals surface area (Å²) in [6.07, 6.45) is 2.43. The molecule has 0 unspecified atom stereocenters. The van der Waals surface area contributed by atoms with E-state index in [1.165, 1.54) is 9.75 Å². The molecule has 1 heterocycles. The van der Waals surface area contributed by atoms with Gasteiger partial charge in [-0.05, 0) is 50.1 Å². The highest BCUT2D eigenvalue weighted by Gasteiger charge is 2.07. The molecule has 2 aromatic rings. The summed E-state index contributed by atoms with van der Waals surface area (Å²) in [6, 6.07) is 12.3. The monoisotopic (exact) mass is 352 g/mol. The van der Waals surface area contributed by atoms with Crippen LogP contribution in [0.5, 0.6) is 0 Å². The third-order valence-corrected chi connectivity index (χ3v) is 4.54. The largest absolute Gasteiger partial charge is 0.326 e. The van der Waals surface area contributed by atoms with Gasteiger partial charge in [0.15, 0.2) is 0 Å². The van der Waals surface area contributed by atoms with Gasteiger partial charge in [-0.25, -0.2) is 0 Å². The predicted molar refractivity (Wildman–Crippen MR) is 102 cm³/mol. The number of para-hydroxylation sites is 1. The van der Waals surface area contributed by atoms with Crippen LogP contribution in [0.3, 0.4) is 0 Å². The Kier molecular flexibility index (Phi) is 8.92. The summed E-state index contributed by atoms with van der Waals surface area (Å²) >= 11 is 1.81. The number of aryl methyl sites for hydroxylation is 2. The van der Waals surface area contributed by atoms with E-state index in [-0.39, 0.29) is 18.3 Å². The van der Waals surface area contributed by atoms with Crippen molar-refractivity contribution in [1.29, 1.82) is 0 Å². The fourth-order valence-corrected chi connectivity index (χ4v) is 3.24. The van der Waals surface area contributed by atoms with Crippen molar-refractivity contribution in [2.45, 2.75) is 39.7 Å². The zero-order valence-corrected chi connectivity index (χ0v) is 15.4. The van der Waals surface area contributed by atoms with E-state index in [9.17, 15) is 4.79 Å². The minimum atomic E-state index is 0. The van der Waals surface area contributed by atoms with Gasteiger partial charge < -0.3 is 10.6 Å². The van der Waals surface area contributed by atoms with Crippen LogP contribution >= 0.6 is 23.7 Å². The summed E-state index contributed by atoms with van der Waals surface area (Å²) in [7, 11) is 0. The Morgan fingerprint density at radius 3 is 2.65 bits per heavy atom. The van der Waals surface area contributed by atoms with Crippen LogP contribution in [0.15, 0.2) is 36.4 Å².